The molecule has 13 heteroatoms. The Kier molecular flexibility index (Phi) is 6.73. The van der Waals surface area contributed by atoms with Gasteiger partial charge >= 0.3 is 6.09 Å². The zero-order valence-corrected chi connectivity index (χ0v) is 23.2. The monoisotopic (exact) mass is 579 g/mol. The van der Waals surface area contributed by atoms with Gasteiger partial charge in [-0.1, -0.05) is 0 Å². The molecule has 0 fully saturated rings. The average molecular weight is 580 g/mol. The number of anilines is 1. The van der Waals surface area contributed by atoms with E-state index in [1.807, 2.05) is 19.1 Å². The van der Waals surface area contributed by atoms with Crippen LogP contribution in [-0.4, -0.2) is 53.1 Å². The molecular weight excluding hydrogens is 556 g/mol. The van der Waals surface area contributed by atoms with E-state index in [9.17, 15) is 13.6 Å². The minimum Gasteiger partial charge on any atom is -0.480 e. The predicted molar refractivity (Wildman–Crippen MR) is 148 cm³/mol. The van der Waals surface area contributed by atoms with Crippen molar-refractivity contribution in [1.82, 2.24) is 19.9 Å². The Morgan fingerprint density at radius 2 is 1.98 bits per heavy atom. The van der Waals surface area contributed by atoms with Crippen LogP contribution in [-0.2, 0) is 4.74 Å². The molecule has 1 aliphatic rings. The van der Waals surface area contributed by atoms with Crippen LogP contribution in [0.4, 0.5) is 19.3 Å². The van der Waals surface area contributed by atoms with E-state index in [-0.39, 0.29) is 29.2 Å². The first-order chi connectivity index (χ1) is 19.7. The number of nitrogens with zero attached hydrogens (tertiary/aromatic N) is 5. The normalized spacial score (nSPS) is 14.5. The van der Waals surface area contributed by atoms with Crippen LogP contribution in [0.25, 0.3) is 31.8 Å². The molecule has 0 radical (unpaired) electrons. The van der Waals surface area contributed by atoms with Gasteiger partial charge in [0.15, 0.2) is 18.1 Å². The molecule has 0 saturated carbocycles. The second-order valence-corrected chi connectivity index (χ2v) is 10.3. The number of ether oxygens (including phenoxy) is 4. The van der Waals surface area contributed by atoms with Gasteiger partial charge in [-0.15, -0.1) is 11.3 Å². The van der Waals surface area contributed by atoms with Crippen molar-refractivity contribution in [2.45, 2.75) is 26.6 Å². The topological polar surface area (TPSA) is 109 Å². The van der Waals surface area contributed by atoms with Crippen molar-refractivity contribution in [2.75, 3.05) is 25.7 Å². The number of pyridine rings is 1. The van der Waals surface area contributed by atoms with Gasteiger partial charge in [-0.05, 0) is 49.7 Å². The quantitative estimate of drug-likeness (QED) is 0.239. The van der Waals surface area contributed by atoms with Crippen LogP contribution in [0.5, 0.6) is 17.4 Å². The number of alkyl halides is 2. The van der Waals surface area contributed by atoms with Crippen molar-refractivity contribution < 1.29 is 32.5 Å². The molecule has 5 aromatic rings. The van der Waals surface area contributed by atoms with Gasteiger partial charge < -0.3 is 18.9 Å². The number of aromatic nitrogens is 4. The van der Waals surface area contributed by atoms with E-state index < -0.39 is 18.8 Å². The standard InChI is InChI=1S/C28H23F2N5O5S/c1-13-7-17(22-18(8-13)33-20(37-4)11-32-22)27-34-23-16(26(29)30)10-19-24(25(23)41-27)38-12-21(39-19)40-28(36)35(3)15-5-6-31-14(2)9-15/h5-11,21,26H,12H2,1-4H3. The van der Waals surface area contributed by atoms with Crippen molar-refractivity contribution >= 4 is 44.4 Å². The fraction of sp³-hybridized carbons (Fsp3) is 0.250. The SMILES string of the molecule is COc1cnc2c(-c3nc4c(C(F)F)cc5c(c4s3)OCC(OC(=O)N(C)c3ccnc(C)c3)O5)cc(C)cc2n1. The molecule has 1 aliphatic heterocycles. The molecule has 4 heterocycles. The maximum Gasteiger partial charge on any atom is 0.417 e. The Bertz CT molecular complexity index is 1810. The summed E-state index contributed by atoms with van der Waals surface area (Å²) in [5, 5.41) is 0.467. The number of thiazole rings is 1. The molecule has 10 nitrogen and oxygen atoms in total. The van der Waals surface area contributed by atoms with Crippen LogP contribution < -0.4 is 19.1 Å². The number of hydrogen-bond donors (Lipinski definition) is 0. The first-order valence-corrected chi connectivity index (χ1v) is 13.3. The summed E-state index contributed by atoms with van der Waals surface area (Å²) in [6.45, 7) is 3.56. The lowest BCUT2D eigenvalue weighted by molar-refractivity contribution is -0.0719. The molecule has 41 heavy (non-hydrogen) atoms. The van der Waals surface area contributed by atoms with E-state index in [1.165, 1.54) is 35.6 Å². The minimum atomic E-state index is -2.84. The Morgan fingerprint density at radius 1 is 1.15 bits per heavy atom. The molecule has 0 bridgehead atoms. The van der Waals surface area contributed by atoms with Crippen LogP contribution in [0, 0.1) is 13.8 Å². The smallest absolute Gasteiger partial charge is 0.417 e. The van der Waals surface area contributed by atoms with E-state index in [2.05, 4.69) is 19.9 Å². The fourth-order valence-electron chi connectivity index (χ4n) is 4.49. The second kappa shape index (κ2) is 10.4. The summed E-state index contributed by atoms with van der Waals surface area (Å²) in [5.74, 6) is 0.645. The van der Waals surface area contributed by atoms with Crippen LogP contribution in [0.15, 0.2) is 42.7 Å². The Balaban J connectivity index is 1.35. The Morgan fingerprint density at radius 3 is 2.73 bits per heavy atom. The first-order valence-electron chi connectivity index (χ1n) is 12.5. The number of methoxy groups -OCH3 is 1. The molecule has 1 atom stereocenters. The van der Waals surface area contributed by atoms with Gasteiger partial charge in [-0.25, -0.2) is 28.5 Å². The number of benzene rings is 2. The number of carbonyl (C=O) groups is 1. The number of aryl methyl sites for hydroxylation is 2. The van der Waals surface area contributed by atoms with Crippen molar-refractivity contribution in [1.29, 1.82) is 0 Å². The highest BCUT2D eigenvalue weighted by molar-refractivity contribution is 7.22. The van der Waals surface area contributed by atoms with Gasteiger partial charge in [0.2, 0.25) is 5.88 Å². The van der Waals surface area contributed by atoms with Crippen molar-refractivity contribution in [3.05, 3.63) is 59.5 Å². The molecule has 6 rings (SSSR count). The maximum atomic E-state index is 14.2. The average Bonchev–Trinajstić information content (AvgIpc) is 3.40. The summed E-state index contributed by atoms with van der Waals surface area (Å²) in [7, 11) is 3.05. The number of carbonyl (C=O) groups excluding carboxylic acids is 1. The molecular formula is C28H23F2N5O5S. The number of halogens is 2. The second-order valence-electron chi connectivity index (χ2n) is 9.34. The van der Waals surface area contributed by atoms with Gasteiger partial charge in [0.05, 0.1) is 35.5 Å². The third-order valence-corrected chi connectivity index (χ3v) is 7.54. The lowest BCUT2D eigenvalue weighted by Gasteiger charge is -2.28. The van der Waals surface area contributed by atoms with E-state index in [0.29, 0.717) is 37.9 Å². The van der Waals surface area contributed by atoms with Crippen LogP contribution in [0.1, 0.15) is 23.2 Å². The summed E-state index contributed by atoms with van der Waals surface area (Å²) in [6.07, 6.45) is -1.63. The summed E-state index contributed by atoms with van der Waals surface area (Å²) in [5.41, 5.74) is 3.75. The van der Waals surface area contributed by atoms with Crippen molar-refractivity contribution in [3.63, 3.8) is 0 Å². The van der Waals surface area contributed by atoms with Crippen LogP contribution >= 0.6 is 11.3 Å². The zero-order chi connectivity index (χ0) is 28.8. The van der Waals surface area contributed by atoms with Gasteiger partial charge in [0.25, 0.3) is 12.7 Å². The molecule has 0 spiro atoms. The van der Waals surface area contributed by atoms with Gasteiger partial charge in [0, 0.05) is 30.1 Å². The molecule has 1 unspecified atom stereocenters. The van der Waals surface area contributed by atoms with Crippen molar-refractivity contribution in [3.8, 4) is 28.0 Å². The minimum absolute atomic E-state index is 0.0353. The lowest BCUT2D eigenvalue weighted by atomic mass is 10.1. The van der Waals surface area contributed by atoms with Crippen LogP contribution in [0.3, 0.4) is 0 Å². The largest absolute Gasteiger partial charge is 0.480 e. The highest BCUT2D eigenvalue weighted by atomic mass is 32.1. The highest BCUT2D eigenvalue weighted by Gasteiger charge is 2.32. The van der Waals surface area contributed by atoms with Gasteiger partial charge in [-0.3, -0.25) is 9.88 Å². The van der Waals surface area contributed by atoms with Crippen molar-refractivity contribution in [2.24, 2.45) is 0 Å². The molecule has 210 valence electrons. The summed E-state index contributed by atoms with van der Waals surface area (Å²) in [4.78, 5) is 31.7. The number of fused-ring (bicyclic) bond motifs is 4. The van der Waals surface area contributed by atoms with E-state index in [0.717, 1.165) is 11.3 Å². The number of rotatable bonds is 5. The zero-order valence-electron chi connectivity index (χ0n) is 22.3. The lowest BCUT2D eigenvalue weighted by Crippen LogP contribution is -2.38. The maximum absolute atomic E-state index is 14.2. The summed E-state index contributed by atoms with van der Waals surface area (Å²) < 4.78 is 51.3. The van der Waals surface area contributed by atoms with E-state index in [4.69, 9.17) is 18.9 Å². The van der Waals surface area contributed by atoms with Gasteiger partial charge in [0.1, 0.15) is 9.71 Å². The van der Waals surface area contributed by atoms with Gasteiger partial charge in [-0.2, -0.15) is 0 Å². The van der Waals surface area contributed by atoms with Crippen LogP contribution in [0.2, 0.25) is 0 Å². The molecule has 0 N–H and O–H groups in total. The molecule has 0 aliphatic carbocycles. The fourth-order valence-corrected chi connectivity index (χ4v) is 5.60. The third-order valence-electron chi connectivity index (χ3n) is 6.46. The Labute approximate surface area is 236 Å². The third kappa shape index (κ3) is 4.92. The predicted octanol–water partition coefficient (Wildman–Crippen LogP) is 6.23. The van der Waals surface area contributed by atoms with E-state index in [1.54, 1.807) is 32.3 Å². The number of hydrogen-bond acceptors (Lipinski definition) is 10. The highest BCUT2D eigenvalue weighted by Crippen LogP contribution is 2.48. The summed E-state index contributed by atoms with van der Waals surface area (Å²) in [6, 6.07) is 8.31. The number of amides is 1. The first kappa shape index (κ1) is 26.6. The molecule has 2 aromatic carbocycles. The summed E-state index contributed by atoms with van der Waals surface area (Å²) >= 11 is 1.18. The van der Waals surface area contributed by atoms with E-state index >= 15 is 0 Å². The Hall–Kier alpha value is -4.65. The molecule has 1 amide bonds. The molecule has 3 aromatic heterocycles. The molecule has 0 saturated heterocycles.